The van der Waals surface area contributed by atoms with Crippen molar-refractivity contribution in [1.82, 2.24) is 38.5 Å². The molecule has 6 aromatic heterocycles. The number of amides is 2. The number of hydrogen-bond acceptors (Lipinski definition) is 12. The van der Waals surface area contributed by atoms with Crippen LogP contribution in [0.1, 0.15) is 103 Å². The second kappa shape index (κ2) is 22.2. The fourth-order valence-corrected chi connectivity index (χ4v) is 11.1. The lowest BCUT2D eigenvalue weighted by atomic mass is 9.90. The molecule has 8 heterocycles. The Labute approximate surface area is 451 Å². The lowest BCUT2D eigenvalue weighted by molar-refractivity contribution is 0.0203. The van der Waals surface area contributed by atoms with Crippen LogP contribution in [0.25, 0.3) is 39.4 Å². The fraction of sp³-hybridized carbons (Fsp3) is 0.379. The van der Waals surface area contributed by atoms with Gasteiger partial charge in [0.15, 0.2) is 10.3 Å². The number of anilines is 4. The van der Waals surface area contributed by atoms with Gasteiger partial charge in [0.05, 0.1) is 22.8 Å². The Bertz CT molecular complexity index is 3380. The van der Waals surface area contributed by atoms with Crippen LogP contribution in [0.15, 0.2) is 102 Å². The first kappa shape index (κ1) is 53.6. The van der Waals surface area contributed by atoms with E-state index in [1.165, 1.54) is 35.4 Å². The van der Waals surface area contributed by atoms with Crippen LogP contribution in [-0.4, -0.2) is 102 Å². The maximum atomic E-state index is 13.4. The molecule has 1 fully saturated rings. The number of benzene rings is 2. The average molecular weight is 1070 g/mol. The van der Waals surface area contributed by atoms with Crippen molar-refractivity contribution in [2.24, 2.45) is 0 Å². The molecular formula is C58H66F2N10O4S2. The molecule has 0 bridgehead atoms. The van der Waals surface area contributed by atoms with Crippen molar-refractivity contribution in [2.75, 3.05) is 50.1 Å². The number of nitrogens with zero attached hydrogens (tertiary/aromatic N) is 10. The Kier molecular flexibility index (Phi) is 15.7. The quantitative estimate of drug-likeness (QED) is 0.131. The second-order valence-electron chi connectivity index (χ2n) is 21.1. The third kappa shape index (κ3) is 12.1. The van der Waals surface area contributed by atoms with E-state index in [9.17, 15) is 18.4 Å². The van der Waals surface area contributed by atoms with Gasteiger partial charge in [-0.25, -0.2) is 38.3 Å². The Balaban J connectivity index is 0.000000186. The fourth-order valence-electron chi connectivity index (χ4n) is 9.46. The highest BCUT2D eigenvalue weighted by molar-refractivity contribution is 7.14. The molecule has 10 rings (SSSR count). The highest BCUT2D eigenvalue weighted by atomic mass is 32.1. The minimum atomic E-state index is -0.510. The summed E-state index contributed by atoms with van der Waals surface area (Å²) in [7, 11) is 4.02. The van der Waals surface area contributed by atoms with E-state index in [-0.39, 0.29) is 23.8 Å². The second-order valence-corrected chi connectivity index (χ2v) is 22.8. The molecule has 1 saturated heterocycles. The van der Waals surface area contributed by atoms with Crippen LogP contribution in [0.4, 0.5) is 40.3 Å². The van der Waals surface area contributed by atoms with E-state index in [0.717, 1.165) is 105 Å². The molecule has 0 aliphatic carbocycles. The largest absolute Gasteiger partial charge is 0.444 e. The van der Waals surface area contributed by atoms with Gasteiger partial charge in [-0.15, -0.1) is 22.7 Å². The number of rotatable bonds is 10. The Hall–Kier alpha value is -7.18. The van der Waals surface area contributed by atoms with Crippen LogP contribution < -0.4 is 9.80 Å². The van der Waals surface area contributed by atoms with Gasteiger partial charge in [-0.1, -0.05) is 26.0 Å². The number of hydrogen-bond donors (Lipinski definition) is 0. The molecule has 2 aromatic carbocycles. The van der Waals surface area contributed by atoms with Crippen molar-refractivity contribution in [1.29, 1.82) is 0 Å². The summed E-state index contributed by atoms with van der Waals surface area (Å²) in [5.41, 5.74) is 9.68. The van der Waals surface area contributed by atoms with Crippen LogP contribution in [0.5, 0.6) is 0 Å². The zero-order chi connectivity index (χ0) is 54.1. The summed E-state index contributed by atoms with van der Waals surface area (Å²) in [5, 5.41) is 5.66. The zero-order valence-corrected chi connectivity index (χ0v) is 46.6. The average Bonchev–Trinajstić information content (AvgIpc) is 4.30. The molecule has 398 valence electrons. The maximum Gasteiger partial charge on any atom is 0.410 e. The molecule has 8 aromatic rings. The van der Waals surface area contributed by atoms with Crippen LogP contribution in [0.2, 0.25) is 0 Å². The van der Waals surface area contributed by atoms with E-state index in [1.54, 1.807) is 51.8 Å². The van der Waals surface area contributed by atoms with E-state index in [1.807, 2.05) is 77.4 Å². The Morgan fingerprint density at radius 1 is 0.618 bits per heavy atom. The van der Waals surface area contributed by atoms with E-state index in [0.29, 0.717) is 32.1 Å². The van der Waals surface area contributed by atoms with Crippen LogP contribution in [0, 0.1) is 11.6 Å². The number of carbonyl (C=O) groups excluding carboxylic acids is 2. The van der Waals surface area contributed by atoms with Crippen molar-refractivity contribution in [3.05, 3.63) is 136 Å². The third-order valence-corrected chi connectivity index (χ3v) is 15.2. The summed E-state index contributed by atoms with van der Waals surface area (Å²) in [5.74, 6) is 1.80. The summed E-state index contributed by atoms with van der Waals surface area (Å²) < 4.78 is 42.1. The first-order valence-electron chi connectivity index (χ1n) is 25.8. The number of ether oxygens (including phenoxy) is 2. The smallest absolute Gasteiger partial charge is 0.410 e. The number of likely N-dealkylation sites (tertiary alicyclic amines) is 1. The number of thiazole rings is 2. The predicted molar refractivity (Wildman–Crippen MR) is 300 cm³/mol. The molecule has 0 unspecified atom stereocenters. The third-order valence-electron chi connectivity index (χ3n) is 13.3. The number of aryl methyl sites for hydroxylation is 2. The molecule has 0 spiro atoms. The summed E-state index contributed by atoms with van der Waals surface area (Å²) in [4.78, 5) is 52.1. The summed E-state index contributed by atoms with van der Waals surface area (Å²) in [6, 6.07) is 21.2. The molecule has 18 heteroatoms. The summed E-state index contributed by atoms with van der Waals surface area (Å²) >= 11 is 3.09. The van der Waals surface area contributed by atoms with Crippen molar-refractivity contribution < 1.29 is 27.8 Å². The number of pyridine rings is 2. The number of aromatic nitrogens is 6. The van der Waals surface area contributed by atoms with Gasteiger partial charge in [0.2, 0.25) is 0 Å². The zero-order valence-electron chi connectivity index (χ0n) is 44.9. The van der Waals surface area contributed by atoms with Crippen LogP contribution in [0.3, 0.4) is 0 Å². The predicted octanol–water partition coefficient (Wildman–Crippen LogP) is 14.0. The van der Waals surface area contributed by atoms with Crippen LogP contribution in [-0.2, 0) is 22.3 Å². The van der Waals surface area contributed by atoms with E-state index < -0.39 is 11.2 Å². The number of fused-ring (bicyclic) bond motifs is 2. The molecule has 0 N–H and O–H groups in total. The van der Waals surface area contributed by atoms with Gasteiger partial charge in [-0.05, 0) is 163 Å². The van der Waals surface area contributed by atoms with Gasteiger partial charge >= 0.3 is 12.2 Å². The normalized spacial score (nSPS) is 14.4. The maximum absolute atomic E-state index is 13.4. The van der Waals surface area contributed by atoms with Gasteiger partial charge in [0.1, 0.15) is 45.8 Å². The standard InChI is InChI=1S/C29H34FN5O2S.C29H32FN5O2S/c2*1-6-23-26(33(5)27-32-24(18-38-27)20-7-10-22(30)11-8-20)35-17-21(9-12-25(35)31-23)19-13-15-34(16-14-19)28(36)37-29(2,3)4/h7-12,17-19H,6,13-16H2,1-5H3;7-13,17-18H,6,14-16H2,1-5H3. The first-order chi connectivity index (χ1) is 36.2. The lowest BCUT2D eigenvalue weighted by Gasteiger charge is -2.33. The van der Waals surface area contributed by atoms with Crippen LogP contribution >= 0.6 is 22.7 Å². The number of halogens is 2. The number of carbonyl (C=O) groups is 2. The molecule has 14 nitrogen and oxygen atoms in total. The van der Waals surface area contributed by atoms with Gasteiger partial charge in [0, 0.05) is 74.6 Å². The molecular weight excluding hydrogens is 1000 g/mol. The molecule has 0 radical (unpaired) electrons. The van der Waals surface area contributed by atoms with Gasteiger partial charge in [-0.3, -0.25) is 8.80 Å². The summed E-state index contributed by atoms with van der Waals surface area (Å²) in [6.07, 6.45) is 9.99. The summed E-state index contributed by atoms with van der Waals surface area (Å²) in [6.45, 7) is 18.0. The number of piperidine rings is 1. The minimum Gasteiger partial charge on any atom is -0.444 e. The molecule has 2 aliphatic rings. The molecule has 0 atom stereocenters. The van der Waals surface area contributed by atoms with E-state index in [4.69, 9.17) is 29.4 Å². The van der Waals surface area contributed by atoms with Crippen molar-refractivity contribution >= 4 is 73.6 Å². The minimum absolute atomic E-state index is 0.235. The molecule has 2 aliphatic heterocycles. The highest BCUT2D eigenvalue weighted by Crippen LogP contribution is 2.38. The Morgan fingerprint density at radius 3 is 1.54 bits per heavy atom. The SMILES string of the molecule is CCc1nc2ccc(C3=CCN(C(=O)OC(C)(C)C)CC3)cn2c1N(C)c1nc(-c2ccc(F)cc2)cs1.CCc1nc2ccc(C3CCN(C(=O)OC(C)(C)C)CC3)cn2c1N(C)c1nc(-c2ccc(F)cc2)cs1. The van der Waals surface area contributed by atoms with Crippen molar-refractivity contribution in [3.63, 3.8) is 0 Å². The van der Waals surface area contributed by atoms with Crippen molar-refractivity contribution in [2.45, 2.75) is 105 Å². The monoisotopic (exact) mass is 1070 g/mol. The van der Waals surface area contributed by atoms with Gasteiger partial charge in [0.25, 0.3) is 0 Å². The molecule has 76 heavy (non-hydrogen) atoms. The van der Waals surface area contributed by atoms with Gasteiger partial charge in [-0.2, -0.15) is 0 Å². The Morgan fingerprint density at radius 2 is 1.08 bits per heavy atom. The highest BCUT2D eigenvalue weighted by Gasteiger charge is 2.29. The molecule has 0 saturated carbocycles. The first-order valence-corrected chi connectivity index (χ1v) is 27.6. The van der Waals surface area contributed by atoms with Crippen molar-refractivity contribution in [3.8, 4) is 22.5 Å². The van der Waals surface area contributed by atoms with E-state index in [2.05, 4.69) is 69.1 Å². The van der Waals surface area contributed by atoms with Gasteiger partial charge < -0.3 is 29.1 Å². The molecule has 2 amide bonds. The van der Waals surface area contributed by atoms with E-state index >= 15 is 0 Å². The topological polar surface area (TPSA) is 126 Å². The number of imidazole rings is 2. The lowest BCUT2D eigenvalue weighted by Crippen LogP contribution is -2.41.